The molecule has 2 N–H and O–H groups in total. The zero-order chi connectivity index (χ0) is 19.3. The molecule has 0 atom stereocenters. The van der Waals surface area contributed by atoms with Crippen molar-refractivity contribution in [1.29, 1.82) is 5.26 Å². The lowest BCUT2D eigenvalue weighted by molar-refractivity contribution is 0.395. The van der Waals surface area contributed by atoms with Gasteiger partial charge in [-0.05, 0) is 52.3 Å². The Morgan fingerprint density at radius 1 is 1.04 bits per heavy atom. The Kier molecular flexibility index (Phi) is 3.93. The third-order valence-corrected chi connectivity index (χ3v) is 5.29. The van der Waals surface area contributed by atoms with Gasteiger partial charge in [0.1, 0.15) is 6.07 Å². The van der Waals surface area contributed by atoms with Crippen LogP contribution in [0.5, 0.6) is 11.5 Å². The van der Waals surface area contributed by atoms with Crippen molar-refractivity contribution in [2.24, 2.45) is 0 Å². The van der Waals surface area contributed by atoms with E-state index >= 15 is 0 Å². The van der Waals surface area contributed by atoms with Gasteiger partial charge in [-0.15, -0.1) is 0 Å². The maximum atomic E-state index is 14.8. The molecule has 27 heavy (non-hydrogen) atoms. The molecule has 0 bridgehead atoms. The van der Waals surface area contributed by atoms with E-state index in [1.54, 1.807) is 10.8 Å². The smallest absolute Gasteiger partial charge is 0.188 e. The summed E-state index contributed by atoms with van der Waals surface area (Å²) in [5.74, 6) is -4.69. The van der Waals surface area contributed by atoms with Crippen LogP contribution in [0.1, 0.15) is 27.8 Å². The average molecular weight is 385 g/mol. The largest absolute Gasteiger partial charge is 0.505 e. The number of rotatable bonds is 2. The van der Waals surface area contributed by atoms with Crippen molar-refractivity contribution in [3.05, 3.63) is 80.3 Å². The molecule has 0 fully saturated rings. The SMILES string of the molecule is N#Cc1cscc1C1=C(c2ccc(O)c(F)c2)Cc2cc(F)c(O)c(F)c21. The molecule has 0 amide bonds. The molecular formula is C20H10F3NO2S. The Balaban J connectivity index is 2.06. The summed E-state index contributed by atoms with van der Waals surface area (Å²) >= 11 is 1.24. The predicted molar refractivity (Wildman–Crippen MR) is 94.7 cm³/mol. The lowest BCUT2D eigenvalue weighted by Gasteiger charge is -2.11. The number of fused-ring (bicyclic) bond motifs is 1. The standard InChI is InChI=1S/C20H10F3NO2S/c21-14-4-9(1-2-16(14)25)12-3-10-5-15(22)20(26)19(23)17(10)18(12)13-8-27-7-11(13)6-24/h1-2,4-5,7-8,25-26H,3H2. The zero-order valence-electron chi connectivity index (χ0n) is 13.6. The van der Waals surface area contributed by atoms with E-state index in [4.69, 9.17) is 0 Å². The van der Waals surface area contributed by atoms with Crippen molar-refractivity contribution in [3.63, 3.8) is 0 Å². The molecule has 4 rings (SSSR count). The van der Waals surface area contributed by atoms with Crippen LogP contribution in [0.15, 0.2) is 35.0 Å². The molecule has 7 heteroatoms. The van der Waals surface area contributed by atoms with E-state index in [2.05, 4.69) is 0 Å². The molecule has 1 heterocycles. The first-order valence-electron chi connectivity index (χ1n) is 7.81. The van der Waals surface area contributed by atoms with Gasteiger partial charge in [-0.3, -0.25) is 0 Å². The number of hydrogen-bond acceptors (Lipinski definition) is 4. The van der Waals surface area contributed by atoms with Crippen molar-refractivity contribution in [3.8, 4) is 17.6 Å². The van der Waals surface area contributed by atoms with E-state index in [0.717, 1.165) is 12.1 Å². The number of benzene rings is 2. The first-order chi connectivity index (χ1) is 12.9. The molecule has 0 aliphatic heterocycles. The minimum absolute atomic E-state index is 0.00715. The maximum Gasteiger partial charge on any atom is 0.188 e. The zero-order valence-corrected chi connectivity index (χ0v) is 14.4. The van der Waals surface area contributed by atoms with Crippen LogP contribution in [-0.4, -0.2) is 10.2 Å². The molecule has 1 aliphatic rings. The molecule has 0 saturated heterocycles. The van der Waals surface area contributed by atoms with Gasteiger partial charge in [0, 0.05) is 16.5 Å². The summed E-state index contributed by atoms with van der Waals surface area (Å²) in [4.78, 5) is 0. The van der Waals surface area contributed by atoms with Crippen LogP contribution >= 0.6 is 11.3 Å². The summed E-state index contributed by atoms with van der Waals surface area (Å²) in [6.45, 7) is 0. The number of hydrogen-bond donors (Lipinski definition) is 2. The van der Waals surface area contributed by atoms with Crippen molar-refractivity contribution in [2.75, 3.05) is 0 Å². The summed E-state index contributed by atoms with van der Waals surface area (Å²) in [7, 11) is 0. The topological polar surface area (TPSA) is 64.2 Å². The van der Waals surface area contributed by atoms with Gasteiger partial charge in [0.25, 0.3) is 0 Å². The van der Waals surface area contributed by atoms with Gasteiger partial charge < -0.3 is 10.2 Å². The highest BCUT2D eigenvalue weighted by Crippen LogP contribution is 2.47. The van der Waals surface area contributed by atoms with Crippen molar-refractivity contribution >= 4 is 22.5 Å². The number of halogens is 3. The van der Waals surface area contributed by atoms with Gasteiger partial charge in [0.05, 0.1) is 5.56 Å². The van der Waals surface area contributed by atoms with Crippen LogP contribution in [0.25, 0.3) is 11.1 Å². The normalized spacial score (nSPS) is 13.0. The number of aromatic hydroxyl groups is 2. The first-order valence-corrected chi connectivity index (χ1v) is 8.75. The van der Waals surface area contributed by atoms with Crippen LogP contribution in [0.3, 0.4) is 0 Å². The van der Waals surface area contributed by atoms with Crippen LogP contribution in [0, 0.1) is 28.8 Å². The van der Waals surface area contributed by atoms with Gasteiger partial charge in [0.2, 0.25) is 0 Å². The second-order valence-corrected chi connectivity index (χ2v) is 6.81. The Morgan fingerprint density at radius 2 is 1.81 bits per heavy atom. The number of nitriles is 1. The molecule has 0 saturated carbocycles. The van der Waals surface area contributed by atoms with Gasteiger partial charge >= 0.3 is 0 Å². The summed E-state index contributed by atoms with van der Waals surface area (Å²) in [5, 5.41) is 31.8. The van der Waals surface area contributed by atoms with Gasteiger partial charge in [0.15, 0.2) is 29.0 Å². The second-order valence-electron chi connectivity index (χ2n) is 6.06. The first kappa shape index (κ1) is 17.2. The second kappa shape index (κ2) is 6.18. The molecule has 2 aromatic carbocycles. The fourth-order valence-corrected chi connectivity index (χ4v) is 4.08. The number of thiophene rings is 1. The fourth-order valence-electron chi connectivity index (χ4n) is 3.31. The van der Waals surface area contributed by atoms with Gasteiger partial charge in [-0.1, -0.05) is 6.07 Å². The lowest BCUT2D eigenvalue weighted by atomic mass is 9.93. The average Bonchev–Trinajstić information content (AvgIpc) is 3.25. The molecule has 0 radical (unpaired) electrons. The third kappa shape index (κ3) is 2.57. The van der Waals surface area contributed by atoms with Crippen molar-refractivity contribution in [1.82, 2.24) is 0 Å². The van der Waals surface area contributed by atoms with E-state index in [-0.39, 0.29) is 17.5 Å². The highest BCUT2D eigenvalue weighted by molar-refractivity contribution is 7.08. The van der Waals surface area contributed by atoms with Gasteiger partial charge in [-0.2, -0.15) is 16.6 Å². The van der Waals surface area contributed by atoms with E-state index < -0.39 is 29.0 Å². The Bertz CT molecular complexity index is 1170. The maximum absolute atomic E-state index is 14.8. The lowest BCUT2D eigenvalue weighted by Crippen LogP contribution is -1.96. The molecule has 1 aliphatic carbocycles. The molecule has 0 unspecified atom stereocenters. The summed E-state index contributed by atoms with van der Waals surface area (Å²) in [5.41, 5.74) is 2.15. The predicted octanol–water partition coefficient (Wildman–Crippen LogP) is 4.96. The van der Waals surface area contributed by atoms with E-state index in [0.29, 0.717) is 27.8 Å². The third-order valence-electron chi connectivity index (χ3n) is 4.54. The van der Waals surface area contributed by atoms with Crippen LogP contribution in [0.2, 0.25) is 0 Å². The summed E-state index contributed by atoms with van der Waals surface area (Å²) in [6, 6.07) is 6.80. The summed E-state index contributed by atoms with van der Waals surface area (Å²) in [6.07, 6.45) is 0.0870. The monoisotopic (exact) mass is 385 g/mol. The van der Waals surface area contributed by atoms with Crippen LogP contribution < -0.4 is 0 Å². The number of phenols is 2. The minimum atomic E-state index is -1.12. The van der Waals surface area contributed by atoms with E-state index in [1.807, 2.05) is 6.07 Å². The highest BCUT2D eigenvalue weighted by Gasteiger charge is 2.32. The van der Waals surface area contributed by atoms with Crippen molar-refractivity contribution < 1.29 is 23.4 Å². The molecule has 134 valence electrons. The number of nitrogens with zero attached hydrogens (tertiary/aromatic N) is 1. The molecule has 3 aromatic rings. The number of allylic oxidation sites excluding steroid dienone is 1. The molecule has 0 spiro atoms. The molecular weight excluding hydrogens is 375 g/mol. The fraction of sp³-hybridized carbons (Fsp3) is 0.0500. The Morgan fingerprint density at radius 3 is 2.52 bits per heavy atom. The molecule has 1 aromatic heterocycles. The quantitative estimate of drug-likeness (QED) is 0.655. The van der Waals surface area contributed by atoms with E-state index in [9.17, 15) is 28.6 Å². The molecule has 3 nitrogen and oxygen atoms in total. The highest BCUT2D eigenvalue weighted by atomic mass is 32.1. The van der Waals surface area contributed by atoms with Crippen LogP contribution in [0.4, 0.5) is 13.2 Å². The minimum Gasteiger partial charge on any atom is -0.505 e. The Hall–Kier alpha value is -3.24. The van der Waals surface area contributed by atoms with Crippen molar-refractivity contribution in [2.45, 2.75) is 6.42 Å². The number of phenolic OH excluding ortho intramolecular Hbond substituents is 2. The van der Waals surface area contributed by atoms with Gasteiger partial charge in [-0.25, -0.2) is 13.2 Å². The Labute approximate surface area is 155 Å². The van der Waals surface area contributed by atoms with Crippen LogP contribution in [-0.2, 0) is 6.42 Å². The summed E-state index contributed by atoms with van der Waals surface area (Å²) < 4.78 is 42.5. The van der Waals surface area contributed by atoms with E-state index in [1.165, 1.54) is 23.5 Å².